The minimum atomic E-state index is 0.636. The summed E-state index contributed by atoms with van der Waals surface area (Å²) in [5, 5.41) is 14.5. The quantitative estimate of drug-likeness (QED) is 0.682. The average molecular weight is 273 g/mol. The van der Waals surface area contributed by atoms with Crippen molar-refractivity contribution in [1.29, 1.82) is 5.26 Å². The lowest BCUT2D eigenvalue weighted by molar-refractivity contribution is 1.41. The lowest BCUT2D eigenvalue weighted by atomic mass is 10.1. The molecule has 3 aromatic carbocycles. The number of nitrogens with one attached hydrogen (secondary N) is 1. The first-order valence-corrected chi connectivity index (χ1v) is 6.73. The number of hydrogen-bond acceptors (Lipinski definition) is 3. The monoisotopic (exact) mass is 273 g/mol. The topological polar surface area (TPSA) is 61.8 Å². The third kappa shape index (κ3) is 2.52. The molecule has 0 atom stereocenters. The van der Waals surface area contributed by atoms with Crippen LogP contribution in [0.15, 0.2) is 54.6 Å². The van der Waals surface area contributed by atoms with E-state index in [0.29, 0.717) is 11.3 Å². The molecule has 3 rings (SSSR count). The molecule has 0 amide bonds. The van der Waals surface area contributed by atoms with E-state index in [0.717, 1.165) is 27.7 Å². The maximum absolute atomic E-state index is 9.05. The number of anilines is 3. The van der Waals surface area contributed by atoms with Gasteiger partial charge in [-0.2, -0.15) is 5.26 Å². The third-order valence-electron chi connectivity index (χ3n) is 3.46. The number of nitrogen functional groups attached to an aromatic ring is 1. The molecule has 0 spiro atoms. The highest BCUT2D eigenvalue weighted by Crippen LogP contribution is 2.31. The van der Waals surface area contributed by atoms with E-state index in [2.05, 4.69) is 11.4 Å². The molecule has 21 heavy (non-hydrogen) atoms. The van der Waals surface area contributed by atoms with Crippen molar-refractivity contribution in [2.75, 3.05) is 11.1 Å². The first kappa shape index (κ1) is 13.0. The number of nitrogens with zero attached hydrogens (tertiary/aromatic N) is 1. The van der Waals surface area contributed by atoms with Gasteiger partial charge in [0, 0.05) is 11.1 Å². The second-order valence-electron chi connectivity index (χ2n) is 5.07. The van der Waals surface area contributed by atoms with Gasteiger partial charge in [0.15, 0.2) is 0 Å². The van der Waals surface area contributed by atoms with E-state index < -0.39 is 0 Å². The second-order valence-corrected chi connectivity index (χ2v) is 5.07. The summed E-state index contributed by atoms with van der Waals surface area (Å²) in [5.41, 5.74) is 10.4. The molecule has 3 N–H and O–H groups in total. The van der Waals surface area contributed by atoms with Crippen molar-refractivity contribution in [3.63, 3.8) is 0 Å². The van der Waals surface area contributed by atoms with Crippen molar-refractivity contribution in [2.45, 2.75) is 6.92 Å². The van der Waals surface area contributed by atoms with Crippen molar-refractivity contribution in [3.8, 4) is 6.07 Å². The molecule has 3 heteroatoms. The number of fused-ring (bicyclic) bond motifs is 1. The third-order valence-corrected chi connectivity index (χ3v) is 3.46. The SMILES string of the molecule is Cc1cc(C#N)cc(Nc2ccc3ccccc3c2N)c1. The predicted molar refractivity (Wildman–Crippen MR) is 87.5 cm³/mol. The number of hydrogen-bond donors (Lipinski definition) is 2. The van der Waals surface area contributed by atoms with Crippen LogP contribution in [-0.2, 0) is 0 Å². The Morgan fingerprint density at radius 1 is 1.05 bits per heavy atom. The highest BCUT2D eigenvalue weighted by atomic mass is 14.9. The molecule has 102 valence electrons. The highest BCUT2D eigenvalue weighted by Gasteiger charge is 2.05. The molecule has 0 aromatic heterocycles. The first-order chi connectivity index (χ1) is 10.2. The van der Waals surface area contributed by atoms with Crippen molar-refractivity contribution in [1.82, 2.24) is 0 Å². The summed E-state index contributed by atoms with van der Waals surface area (Å²) < 4.78 is 0. The Hall–Kier alpha value is -2.99. The zero-order valence-electron chi connectivity index (χ0n) is 11.7. The summed E-state index contributed by atoms with van der Waals surface area (Å²) in [4.78, 5) is 0. The molecule has 3 nitrogen and oxygen atoms in total. The van der Waals surface area contributed by atoms with Gasteiger partial charge in [0.2, 0.25) is 0 Å². The predicted octanol–water partition coefficient (Wildman–Crippen LogP) is 4.35. The molecule has 0 aliphatic carbocycles. The van der Waals surface area contributed by atoms with Crippen molar-refractivity contribution >= 4 is 27.8 Å². The van der Waals surface area contributed by atoms with Crippen LogP contribution in [0.3, 0.4) is 0 Å². The van der Waals surface area contributed by atoms with Gasteiger partial charge in [-0.15, -0.1) is 0 Å². The Kier molecular flexibility index (Phi) is 3.21. The Morgan fingerprint density at radius 2 is 1.86 bits per heavy atom. The second kappa shape index (κ2) is 5.18. The van der Waals surface area contributed by atoms with Crippen molar-refractivity contribution < 1.29 is 0 Å². The lowest BCUT2D eigenvalue weighted by Gasteiger charge is -2.12. The van der Waals surface area contributed by atoms with Crippen LogP contribution in [0.1, 0.15) is 11.1 Å². The van der Waals surface area contributed by atoms with Gasteiger partial charge < -0.3 is 11.1 Å². The van der Waals surface area contributed by atoms with Gasteiger partial charge in [0.1, 0.15) is 0 Å². The standard InChI is InChI=1S/C18H15N3/c1-12-8-13(11-19)10-15(9-12)21-17-7-6-14-4-2-3-5-16(14)18(17)20/h2-10,21H,20H2,1H3. The minimum absolute atomic E-state index is 0.636. The zero-order valence-corrected chi connectivity index (χ0v) is 11.7. The number of rotatable bonds is 2. The Balaban J connectivity index is 2.04. The number of benzene rings is 3. The smallest absolute Gasteiger partial charge is 0.0992 e. The first-order valence-electron chi connectivity index (χ1n) is 6.73. The normalized spacial score (nSPS) is 10.3. The molecule has 0 saturated carbocycles. The molecule has 0 aliphatic heterocycles. The molecule has 0 radical (unpaired) electrons. The van der Waals surface area contributed by atoms with E-state index in [1.807, 2.05) is 61.5 Å². The molecular formula is C18H15N3. The molecular weight excluding hydrogens is 258 g/mol. The van der Waals surface area contributed by atoms with E-state index in [1.54, 1.807) is 0 Å². The Labute approximate surface area is 123 Å². The molecule has 3 aromatic rings. The van der Waals surface area contributed by atoms with Crippen LogP contribution in [0.5, 0.6) is 0 Å². The summed E-state index contributed by atoms with van der Waals surface area (Å²) in [6, 6.07) is 19.9. The lowest BCUT2D eigenvalue weighted by Crippen LogP contribution is -1.98. The molecule has 0 unspecified atom stereocenters. The molecule has 0 aliphatic rings. The van der Waals surface area contributed by atoms with Gasteiger partial charge >= 0.3 is 0 Å². The summed E-state index contributed by atoms with van der Waals surface area (Å²) in [7, 11) is 0. The van der Waals surface area contributed by atoms with E-state index in [-0.39, 0.29) is 0 Å². The summed E-state index contributed by atoms with van der Waals surface area (Å²) >= 11 is 0. The summed E-state index contributed by atoms with van der Waals surface area (Å²) in [5.74, 6) is 0. The fraction of sp³-hybridized carbons (Fsp3) is 0.0556. The summed E-state index contributed by atoms with van der Waals surface area (Å²) in [6.45, 7) is 1.97. The van der Waals surface area contributed by atoms with E-state index >= 15 is 0 Å². The van der Waals surface area contributed by atoms with Crippen LogP contribution < -0.4 is 11.1 Å². The minimum Gasteiger partial charge on any atom is -0.397 e. The van der Waals surface area contributed by atoms with Crippen LogP contribution in [0.4, 0.5) is 17.1 Å². The fourth-order valence-electron chi connectivity index (χ4n) is 2.48. The molecule has 0 heterocycles. The van der Waals surface area contributed by atoms with Crippen molar-refractivity contribution in [2.24, 2.45) is 0 Å². The van der Waals surface area contributed by atoms with E-state index in [9.17, 15) is 0 Å². The zero-order chi connectivity index (χ0) is 14.8. The maximum Gasteiger partial charge on any atom is 0.0992 e. The highest BCUT2D eigenvalue weighted by molar-refractivity contribution is 5.99. The van der Waals surface area contributed by atoms with Crippen LogP contribution in [0.25, 0.3) is 10.8 Å². The van der Waals surface area contributed by atoms with Crippen LogP contribution in [0, 0.1) is 18.3 Å². The van der Waals surface area contributed by atoms with Crippen LogP contribution in [0.2, 0.25) is 0 Å². The number of nitrogens with two attached hydrogens (primary N) is 1. The average Bonchev–Trinajstić information content (AvgIpc) is 2.50. The van der Waals surface area contributed by atoms with Crippen LogP contribution >= 0.6 is 0 Å². The number of aryl methyl sites for hydroxylation is 1. The van der Waals surface area contributed by atoms with Crippen LogP contribution in [-0.4, -0.2) is 0 Å². The molecule has 0 saturated heterocycles. The van der Waals surface area contributed by atoms with E-state index in [4.69, 9.17) is 11.0 Å². The van der Waals surface area contributed by atoms with Gasteiger partial charge in [-0.3, -0.25) is 0 Å². The summed E-state index contributed by atoms with van der Waals surface area (Å²) in [6.07, 6.45) is 0. The Morgan fingerprint density at radius 3 is 2.67 bits per heavy atom. The van der Waals surface area contributed by atoms with Gasteiger partial charge in [-0.1, -0.05) is 30.3 Å². The van der Waals surface area contributed by atoms with E-state index in [1.165, 1.54) is 0 Å². The van der Waals surface area contributed by atoms with Gasteiger partial charge in [-0.05, 0) is 42.1 Å². The van der Waals surface area contributed by atoms with Crippen molar-refractivity contribution in [3.05, 3.63) is 65.7 Å². The van der Waals surface area contributed by atoms with Gasteiger partial charge in [0.25, 0.3) is 0 Å². The molecule has 0 bridgehead atoms. The van der Waals surface area contributed by atoms with Gasteiger partial charge in [-0.25, -0.2) is 0 Å². The fourth-order valence-corrected chi connectivity index (χ4v) is 2.48. The number of nitriles is 1. The Bertz CT molecular complexity index is 860. The maximum atomic E-state index is 9.05. The molecule has 0 fully saturated rings. The van der Waals surface area contributed by atoms with Gasteiger partial charge in [0.05, 0.1) is 23.0 Å². The largest absolute Gasteiger partial charge is 0.397 e.